The molecule has 3 nitrogen and oxygen atoms in total. The van der Waals surface area contributed by atoms with Gasteiger partial charge in [-0.05, 0) is 44.4 Å². The van der Waals surface area contributed by atoms with Crippen LogP contribution in [0.4, 0.5) is 0 Å². The van der Waals surface area contributed by atoms with Crippen LogP contribution in [-0.4, -0.2) is 29.1 Å². The van der Waals surface area contributed by atoms with Crippen LogP contribution < -0.4 is 5.32 Å². The van der Waals surface area contributed by atoms with E-state index in [2.05, 4.69) is 17.1 Å². The van der Waals surface area contributed by atoms with Crippen molar-refractivity contribution in [1.82, 2.24) is 10.2 Å². The molecule has 2 aliphatic heterocycles. The molecule has 19 heavy (non-hydrogen) atoms. The van der Waals surface area contributed by atoms with Crippen molar-refractivity contribution < 1.29 is 4.79 Å². The first kappa shape index (κ1) is 13.4. The molecule has 0 aromatic carbocycles. The zero-order valence-electron chi connectivity index (χ0n) is 12.3. The van der Waals surface area contributed by atoms with Crippen molar-refractivity contribution in [3.8, 4) is 0 Å². The van der Waals surface area contributed by atoms with Crippen LogP contribution in [0.25, 0.3) is 0 Å². The largest absolute Gasteiger partial charge is 0.336 e. The summed E-state index contributed by atoms with van der Waals surface area (Å²) in [5, 5.41) is 3.41. The lowest BCUT2D eigenvalue weighted by Gasteiger charge is -2.39. The molecule has 3 aliphatic rings. The Morgan fingerprint density at radius 3 is 3.00 bits per heavy atom. The van der Waals surface area contributed by atoms with E-state index in [1.54, 1.807) is 0 Å². The highest BCUT2D eigenvalue weighted by atomic mass is 16.2. The molecule has 1 amide bonds. The second-order valence-corrected chi connectivity index (χ2v) is 6.70. The van der Waals surface area contributed by atoms with Crippen molar-refractivity contribution in [2.75, 3.05) is 6.54 Å². The Kier molecular flexibility index (Phi) is 3.84. The molecule has 0 aromatic heterocycles. The second kappa shape index (κ2) is 5.43. The summed E-state index contributed by atoms with van der Waals surface area (Å²) in [5.74, 6) is 1.02. The molecule has 1 N–H and O–H groups in total. The number of carbonyl (C=O) groups excluding carboxylic acids is 1. The van der Waals surface area contributed by atoms with Gasteiger partial charge < -0.3 is 5.32 Å². The van der Waals surface area contributed by atoms with Crippen molar-refractivity contribution >= 4 is 5.91 Å². The van der Waals surface area contributed by atoms with Crippen LogP contribution in [0.5, 0.6) is 0 Å². The van der Waals surface area contributed by atoms with Gasteiger partial charge in [0, 0.05) is 6.54 Å². The molecule has 2 saturated heterocycles. The summed E-state index contributed by atoms with van der Waals surface area (Å²) in [4.78, 5) is 14.7. The molecule has 0 bridgehead atoms. The number of carbonyl (C=O) groups is 1. The SMILES string of the molecule is CCCCCCC1CCCC12NC(=O)C1CCCN12. The number of amides is 1. The summed E-state index contributed by atoms with van der Waals surface area (Å²) in [6.07, 6.45) is 12.8. The highest BCUT2D eigenvalue weighted by Gasteiger charge is 2.57. The minimum atomic E-state index is 0.0600. The predicted octanol–water partition coefficient (Wildman–Crippen LogP) is 3.05. The summed E-state index contributed by atoms with van der Waals surface area (Å²) < 4.78 is 0. The van der Waals surface area contributed by atoms with E-state index in [0.29, 0.717) is 11.8 Å². The maximum absolute atomic E-state index is 12.2. The maximum Gasteiger partial charge on any atom is 0.238 e. The van der Waals surface area contributed by atoms with Crippen molar-refractivity contribution in [1.29, 1.82) is 0 Å². The van der Waals surface area contributed by atoms with Crippen molar-refractivity contribution in [3.05, 3.63) is 0 Å². The van der Waals surface area contributed by atoms with Gasteiger partial charge in [0.2, 0.25) is 5.91 Å². The number of unbranched alkanes of at least 4 members (excludes halogenated alkanes) is 3. The minimum absolute atomic E-state index is 0.0600. The summed E-state index contributed by atoms with van der Waals surface area (Å²) >= 11 is 0. The molecular weight excluding hydrogens is 236 g/mol. The molecule has 1 saturated carbocycles. The van der Waals surface area contributed by atoms with E-state index in [1.807, 2.05) is 0 Å². The van der Waals surface area contributed by atoms with Gasteiger partial charge >= 0.3 is 0 Å². The van der Waals surface area contributed by atoms with E-state index in [9.17, 15) is 4.79 Å². The first-order valence-electron chi connectivity index (χ1n) is 8.36. The number of nitrogens with one attached hydrogen (secondary N) is 1. The smallest absolute Gasteiger partial charge is 0.238 e. The lowest BCUT2D eigenvalue weighted by atomic mass is 9.89. The van der Waals surface area contributed by atoms with Crippen LogP contribution in [0.15, 0.2) is 0 Å². The van der Waals surface area contributed by atoms with E-state index in [0.717, 1.165) is 13.0 Å². The van der Waals surface area contributed by atoms with Crippen LogP contribution in [-0.2, 0) is 4.79 Å². The van der Waals surface area contributed by atoms with Gasteiger partial charge in [-0.3, -0.25) is 9.69 Å². The molecule has 1 aliphatic carbocycles. The summed E-state index contributed by atoms with van der Waals surface area (Å²) in [6, 6.07) is 0.205. The number of hydrogen-bond acceptors (Lipinski definition) is 2. The third-order valence-corrected chi connectivity index (χ3v) is 5.60. The Morgan fingerprint density at radius 2 is 2.16 bits per heavy atom. The Morgan fingerprint density at radius 1 is 1.26 bits per heavy atom. The molecule has 0 aromatic rings. The third-order valence-electron chi connectivity index (χ3n) is 5.60. The fourth-order valence-corrected chi connectivity index (χ4v) is 4.69. The van der Waals surface area contributed by atoms with E-state index in [-0.39, 0.29) is 11.7 Å². The summed E-state index contributed by atoms with van der Waals surface area (Å²) in [5.41, 5.74) is 0.0600. The van der Waals surface area contributed by atoms with Crippen molar-refractivity contribution in [2.45, 2.75) is 82.8 Å². The first-order chi connectivity index (χ1) is 9.28. The Labute approximate surface area is 117 Å². The van der Waals surface area contributed by atoms with Crippen molar-refractivity contribution in [3.63, 3.8) is 0 Å². The number of rotatable bonds is 5. The van der Waals surface area contributed by atoms with E-state index in [4.69, 9.17) is 0 Å². The lowest BCUT2D eigenvalue weighted by molar-refractivity contribution is -0.121. The highest BCUT2D eigenvalue weighted by Crippen LogP contribution is 2.47. The average molecular weight is 264 g/mol. The second-order valence-electron chi connectivity index (χ2n) is 6.70. The molecule has 0 radical (unpaired) electrons. The quantitative estimate of drug-likeness (QED) is 0.774. The van der Waals surface area contributed by atoms with Crippen LogP contribution in [0.1, 0.15) is 71.1 Å². The van der Waals surface area contributed by atoms with Gasteiger partial charge in [0.05, 0.1) is 11.7 Å². The fraction of sp³-hybridized carbons (Fsp3) is 0.938. The number of nitrogens with zero attached hydrogens (tertiary/aromatic N) is 1. The highest BCUT2D eigenvalue weighted by molar-refractivity contribution is 5.85. The van der Waals surface area contributed by atoms with Gasteiger partial charge in [0.15, 0.2) is 0 Å². The zero-order valence-corrected chi connectivity index (χ0v) is 12.3. The molecule has 3 atom stereocenters. The summed E-state index contributed by atoms with van der Waals surface area (Å²) in [7, 11) is 0. The zero-order chi connectivity index (χ0) is 13.3. The third kappa shape index (κ3) is 2.20. The standard InChI is InChI=1S/C16H28N2O/c1-2-3-4-5-8-13-9-6-11-16(13)17-15(19)14-10-7-12-18(14)16/h13-14H,2-12H2,1H3,(H,17,19). The van der Waals surface area contributed by atoms with Crippen LogP contribution in [0.2, 0.25) is 0 Å². The monoisotopic (exact) mass is 264 g/mol. The average Bonchev–Trinajstić information content (AvgIpc) is 3.06. The first-order valence-corrected chi connectivity index (χ1v) is 8.36. The Balaban J connectivity index is 1.66. The molecule has 3 rings (SSSR count). The normalized spacial score (nSPS) is 38.1. The molecule has 3 fully saturated rings. The van der Waals surface area contributed by atoms with Gasteiger partial charge in [-0.25, -0.2) is 0 Å². The lowest BCUT2D eigenvalue weighted by Crippen LogP contribution is -2.54. The molecule has 2 heterocycles. The van der Waals surface area contributed by atoms with Gasteiger partial charge in [-0.15, -0.1) is 0 Å². The number of hydrogen-bond donors (Lipinski definition) is 1. The minimum Gasteiger partial charge on any atom is -0.336 e. The molecule has 3 unspecified atom stereocenters. The van der Waals surface area contributed by atoms with E-state index >= 15 is 0 Å². The molecule has 108 valence electrons. The predicted molar refractivity (Wildman–Crippen MR) is 76.7 cm³/mol. The van der Waals surface area contributed by atoms with Gasteiger partial charge in [0.25, 0.3) is 0 Å². The number of fused-ring (bicyclic) bond motifs is 2. The topological polar surface area (TPSA) is 32.3 Å². The summed E-state index contributed by atoms with van der Waals surface area (Å²) in [6.45, 7) is 3.40. The van der Waals surface area contributed by atoms with E-state index < -0.39 is 0 Å². The fourth-order valence-electron chi connectivity index (χ4n) is 4.69. The molecule has 1 spiro atoms. The Hall–Kier alpha value is -0.570. The van der Waals surface area contributed by atoms with Crippen molar-refractivity contribution in [2.24, 2.45) is 5.92 Å². The molecular formula is C16H28N2O. The van der Waals surface area contributed by atoms with Gasteiger partial charge in [0.1, 0.15) is 0 Å². The van der Waals surface area contributed by atoms with Crippen LogP contribution >= 0.6 is 0 Å². The van der Waals surface area contributed by atoms with E-state index in [1.165, 1.54) is 57.8 Å². The van der Waals surface area contributed by atoms with Crippen LogP contribution in [0.3, 0.4) is 0 Å². The van der Waals surface area contributed by atoms with Gasteiger partial charge in [-0.2, -0.15) is 0 Å². The van der Waals surface area contributed by atoms with Crippen LogP contribution in [0, 0.1) is 5.92 Å². The van der Waals surface area contributed by atoms with Gasteiger partial charge in [-0.1, -0.05) is 32.6 Å². The molecule has 3 heteroatoms. The Bertz CT molecular complexity index is 344. The maximum atomic E-state index is 12.2.